The van der Waals surface area contributed by atoms with Crippen molar-refractivity contribution in [3.63, 3.8) is 0 Å². The molecule has 6 aromatic carbocycles. The maximum absolute atomic E-state index is 6.35. The summed E-state index contributed by atoms with van der Waals surface area (Å²) in [4.78, 5) is 2.57. The molecule has 7 aromatic rings. The first-order valence-corrected chi connectivity index (χ1v) is 14.4. The molecule has 2 aliphatic heterocycles. The van der Waals surface area contributed by atoms with Gasteiger partial charge < -0.3 is 9.32 Å². The lowest BCUT2D eigenvalue weighted by Gasteiger charge is -2.21. The molecule has 0 saturated heterocycles. The van der Waals surface area contributed by atoms with Crippen LogP contribution in [-0.2, 0) is 12.8 Å². The third kappa shape index (κ3) is 3.50. The van der Waals surface area contributed by atoms with Crippen molar-refractivity contribution in [2.24, 2.45) is 0 Å². The zero-order valence-electron chi connectivity index (χ0n) is 22.5. The van der Waals surface area contributed by atoms with Crippen molar-refractivity contribution in [3.05, 3.63) is 145 Å². The van der Waals surface area contributed by atoms with Crippen LogP contribution in [0, 0.1) is 0 Å². The van der Waals surface area contributed by atoms with Crippen LogP contribution in [0.1, 0.15) is 11.1 Å². The Morgan fingerprint density at radius 2 is 1.10 bits per heavy atom. The predicted octanol–water partition coefficient (Wildman–Crippen LogP) is 10.2. The molecule has 0 radical (unpaired) electrons. The van der Waals surface area contributed by atoms with Gasteiger partial charge in [-0.25, -0.2) is 0 Å². The maximum Gasteiger partial charge on any atom is 0.143 e. The van der Waals surface area contributed by atoms with E-state index in [9.17, 15) is 0 Å². The van der Waals surface area contributed by atoms with Gasteiger partial charge in [0.15, 0.2) is 0 Å². The molecule has 1 aromatic heterocycles. The molecular formula is C39H27NO. The summed E-state index contributed by atoms with van der Waals surface area (Å²) in [6.07, 6.45) is 2.14. The smallest absolute Gasteiger partial charge is 0.143 e. The van der Waals surface area contributed by atoms with Crippen molar-refractivity contribution in [1.29, 1.82) is 0 Å². The first kappa shape index (κ1) is 22.7. The van der Waals surface area contributed by atoms with Crippen LogP contribution in [0.25, 0.3) is 55.3 Å². The Bertz CT molecular complexity index is 2120. The monoisotopic (exact) mass is 525 g/mol. The highest BCUT2D eigenvalue weighted by Gasteiger charge is 2.37. The molecule has 0 bridgehead atoms. The maximum atomic E-state index is 6.35. The highest BCUT2D eigenvalue weighted by molar-refractivity contribution is 6.09. The average Bonchev–Trinajstić information content (AvgIpc) is 3.70. The molecule has 9 rings (SSSR count). The number of fused-ring (bicyclic) bond motifs is 8. The third-order valence-corrected chi connectivity index (χ3v) is 8.97. The van der Waals surface area contributed by atoms with Gasteiger partial charge in [0, 0.05) is 33.8 Å². The van der Waals surface area contributed by atoms with E-state index in [2.05, 4.69) is 132 Å². The van der Waals surface area contributed by atoms with Crippen LogP contribution >= 0.6 is 0 Å². The third-order valence-electron chi connectivity index (χ3n) is 8.97. The second-order valence-electron chi connectivity index (χ2n) is 11.3. The van der Waals surface area contributed by atoms with Gasteiger partial charge in [0.2, 0.25) is 0 Å². The van der Waals surface area contributed by atoms with E-state index in [1.807, 2.05) is 6.07 Å². The van der Waals surface area contributed by atoms with Crippen molar-refractivity contribution in [2.45, 2.75) is 18.9 Å². The molecule has 1 unspecified atom stereocenters. The van der Waals surface area contributed by atoms with Gasteiger partial charge in [0.1, 0.15) is 11.2 Å². The van der Waals surface area contributed by atoms with E-state index < -0.39 is 0 Å². The zero-order valence-corrected chi connectivity index (χ0v) is 22.5. The lowest BCUT2D eigenvalue weighted by atomic mass is 9.95. The first-order chi connectivity index (χ1) is 20.3. The number of hydrogen-bond acceptors (Lipinski definition) is 2. The van der Waals surface area contributed by atoms with E-state index in [0.29, 0.717) is 6.04 Å². The predicted molar refractivity (Wildman–Crippen MR) is 170 cm³/mol. The summed E-state index contributed by atoms with van der Waals surface area (Å²) in [5.41, 5.74) is 14.9. The molecule has 0 aliphatic carbocycles. The molecule has 0 N–H and O–H groups in total. The normalized spacial score (nSPS) is 15.3. The Morgan fingerprint density at radius 1 is 0.488 bits per heavy atom. The molecular weight excluding hydrogens is 498 g/mol. The minimum absolute atomic E-state index is 0.475. The van der Waals surface area contributed by atoms with Gasteiger partial charge in [-0.1, -0.05) is 97.1 Å². The van der Waals surface area contributed by atoms with E-state index in [1.165, 1.54) is 61.1 Å². The topological polar surface area (TPSA) is 16.4 Å². The zero-order chi connectivity index (χ0) is 26.9. The summed E-state index contributed by atoms with van der Waals surface area (Å²) < 4.78 is 6.35. The fraction of sp³-hybridized carbons (Fsp3) is 0.0769. The minimum atomic E-state index is 0.475. The van der Waals surface area contributed by atoms with E-state index in [1.54, 1.807) is 0 Å². The van der Waals surface area contributed by atoms with Crippen molar-refractivity contribution >= 4 is 33.3 Å². The molecule has 1 atom stereocenters. The van der Waals surface area contributed by atoms with Gasteiger partial charge in [-0.05, 0) is 88.2 Å². The van der Waals surface area contributed by atoms with E-state index in [0.717, 1.165) is 29.6 Å². The minimum Gasteiger partial charge on any atom is -0.455 e. The van der Waals surface area contributed by atoms with Gasteiger partial charge in [0.05, 0.1) is 0 Å². The van der Waals surface area contributed by atoms with Crippen LogP contribution in [0.3, 0.4) is 0 Å². The Labute approximate surface area is 239 Å². The number of hydrogen-bond donors (Lipinski definition) is 0. The summed E-state index contributed by atoms with van der Waals surface area (Å²) in [6.45, 7) is 0. The number of rotatable bonds is 3. The number of para-hydroxylation sites is 2. The van der Waals surface area contributed by atoms with E-state index in [-0.39, 0.29) is 0 Å². The Morgan fingerprint density at radius 3 is 1.93 bits per heavy atom. The number of nitrogens with zero attached hydrogens (tertiary/aromatic N) is 1. The summed E-state index contributed by atoms with van der Waals surface area (Å²) in [5.74, 6) is 0. The lowest BCUT2D eigenvalue weighted by Crippen LogP contribution is -2.22. The van der Waals surface area contributed by atoms with Crippen LogP contribution in [0.5, 0.6) is 0 Å². The molecule has 0 spiro atoms. The Balaban J connectivity index is 1.06. The van der Waals surface area contributed by atoms with Gasteiger partial charge in [-0.2, -0.15) is 0 Å². The van der Waals surface area contributed by atoms with Crippen molar-refractivity contribution in [1.82, 2.24) is 0 Å². The van der Waals surface area contributed by atoms with Crippen LogP contribution in [0.15, 0.2) is 138 Å². The molecule has 0 saturated carbocycles. The fourth-order valence-corrected chi connectivity index (χ4v) is 7.08. The van der Waals surface area contributed by atoms with Gasteiger partial charge in [0.25, 0.3) is 0 Å². The molecule has 2 heteroatoms. The van der Waals surface area contributed by atoms with Gasteiger partial charge in [-0.15, -0.1) is 0 Å². The van der Waals surface area contributed by atoms with E-state index in [4.69, 9.17) is 4.42 Å². The van der Waals surface area contributed by atoms with Crippen molar-refractivity contribution in [2.75, 3.05) is 4.90 Å². The summed E-state index contributed by atoms with van der Waals surface area (Å²) >= 11 is 0. The largest absolute Gasteiger partial charge is 0.455 e. The van der Waals surface area contributed by atoms with Crippen molar-refractivity contribution < 1.29 is 4.42 Å². The second kappa shape index (κ2) is 8.71. The first-order valence-electron chi connectivity index (χ1n) is 14.4. The fourth-order valence-electron chi connectivity index (χ4n) is 7.08. The molecule has 2 nitrogen and oxygen atoms in total. The summed E-state index contributed by atoms with van der Waals surface area (Å²) in [5, 5.41) is 2.35. The lowest BCUT2D eigenvalue weighted by molar-refractivity contribution is 0.670. The number of furan rings is 1. The van der Waals surface area contributed by atoms with Gasteiger partial charge in [-0.3, -0.25) is 0 Å². The van der Waals surface area contributed by atoms with Gasteiger partial charge >= 0.3 is 0 Å². The second-order valence-corrected chi connectivity index (χ2v) is 11.3. The number of anilines is 2. The Kier molecular flexibility index (Phi) is 4.82. The highest BCUT2D eigenvalue weighted by atomic mass is 16.3. The van der Waals surface area contributed by atoms with Crippen LogP contribution < -0.4 is 4.90 Å². The molecule has 2 aliphatic rings. The van der Waals surface area contributed by atoms with Crippen LogP contribution in [-0.4, -0.2) is 6.04 Å². The summed E-state index contributed by atoms with van der Waals surface area (Å²) in [6, 6.07) is 48.8. The molecule has 41 heavy (non-hydrogen) atoms. The molecule has 194 valence electrons. The Hall–Kier alpha value is -5.08. The molecule has 0 amide bonds. The van der Waals surface area contributed by atoms with Crippen LogP contribution in [0.2, 0.25) is 0 Å². The highest BCUT2D eigenvalue weighted by Crippen LogP contribution is 2.48. The average molecular weight is 526 g/mol. The SMILES string of the molecule is c1ccc(-c2cccc(-c3ccc4c(c3)CC3Cc5cc(-c6cccc7c6oc6ccccc67)ccc5N43)c2)cc1. The quantitative estimate of drug-likeness (QED) is 0.228. The van der Waals surface area contributed by atoms with Crippen LogP contribution in [0.4, 0.5) is 11.4 Å². The molecule has 3 heterocycles. The standard InChI is InChI=1S/C39H27NO/c1-2-8-25(9-3-1)26-10-6-11-27(20-26)28-16-18-36-30(21-28)23-32-24-31-22-29(17-19-37(31)40(32)36)33-13-7-14-35-34-12-4-5-15-38(34)41-39(33)35/h1-22,32H,23-24H2. The summed E-state index contributed by atoms with van der Waals surface area (Å²) in [7, 11) is 0. The van der Waals surface area contributed by atoms with Crippen molar-refractivity contribution in [3.8, 4) is 33.4 Å². The number of benzene rings is 6. The van der Waals surface area contributed by atoms with E-state index >= 15 is 0 Å². The molecule has 0 fully saturated rings.